The standard InChI is InChI=1S/C12H13N3O4S2/c13-8(16)2-1-4-15-11(19)10-7(3-5-20-10)14-12(15)21-6-9(17)18/h3,5H,1-2,4,6H2,(H2,13,16)(H,17,18). The highest BCUT2D eigenvalue weighted by molar-refractivity contribution is 7.99. The first-order valence-electron chi connectivity index (χ1n) is 6.10. The molecular formula is C12H13N3O4S2. The fourth-order valence-electron chi connectivity index (χ4n) is 1.77. The number of primary amides is 1. The number of fused-ring (bicyclic) bond motifs is 1. The second kappa shape index (κ2) is 6.72. The third-order valence-corrected chi connectivity index (χ3v) is 4.51. The second-order valence-electron chi connectivity index (χ2n) is 4.24. The number of aromatic nitrogens is 2. The van der Waals surface area contributed by atoms with Crippen molar-refractivity contribution in [3.8, 4) is 0 Å². The summed E-state index contributed by atoms with van der Waals surface area (Å²) in [6.45, 7) is 0.282. The van der Waals surface area contributed by atoms with E-state index in [0.717, 1.165) is 11.8 Å². The fourth-order valence-corrected chi connectivity index (χ4v) is 3.29. The van der Waals surface area contributed by atoms with E-state index < -0.39 is 11.9 Å². The monoisotopic (exact) mass is 327 g/mol. The minimum atomic E-state index is -0.983. The lowest BCUT2D eigenvalue weighted by atomic mass is 10.3. The van der Waals surface area contributed by atoms with Crippen LogP contribution in [0.1, 0.15) is 12.8 Å². The van der Waals surface area contributed by atoms with Gasteiger partial charge in [0.25, 0.3) is 5.56 Å². The summed E-state index contributed by atoms with van der Waals surface area (Å²) in [7, 11) is 0. The predicted molar refractivity (Wildman–Crippen MR) is 80.7 cm³/mol. The number of amides is 1. The number of carbonyl (C=O) groups is 2. The van der Waals surface area contributed by atoms with Gasteiger partial charge >= 0.3 is 5.97 Å². The van der Waals surface area contributed by atoms with E-state index in [9.17, 15) is 14.4 Å². The number of rotatable bonds is 7. The number of nitrogens with zero attached hydrogens (tertiary/aromatic N) is 2. The molecular weight excluding hydrogens is 314 g/mol. The summed E-state index contributed by atoms with van der Waals surface area (Å²) in [6, 6.07) is 1.72. The number of thiophene rings is 1. The van der Waals surface area contributed by atoms with Crippen molar-refractivity contribution in [3.05, 3.63) is 21.8 Å². The molecule has 0 saturated carbocycles. The summed E-state index contributed by atoms with van der Waals surface area (Å²) in [5.41, 5.74) is 5.43. The Balaban J connectivity index is 2.34. The Morgan fingerprint density at radius 1 is 1.48 bits per heavy atom. The molecule has 0 aliphatic heterocycles. The van der Waals surface area contributed by atoms with Gasteiger partial charge in [-0.25, -0.2) is 4.98 Å². The van der Waals surface area contributed by atoms with E-state index in [1.807, 2.05) is 0 Å². The minimum absolute atomic E-state index is 0.165. The molecule has 1 amide bonds. The highest BCUT2D eigenvalue weighted by Crippen LogP contribution is 2.21. The summed E-state index contributed by atoms with van der Waals surface area (Å²) >= 11 is 2.28. The molecule has 112 valence electrons. The van der Waals surface area contributed by atoms with Crippen LogP contribution in [0.5, 0.6) is 0 Å². The number of carboxylic acids is 1. The smallest absolute Gasteiger partial charge is 0.313 e. The zero-order valence-corrected chi connectivity index (χ0v) is 12.6. The average Bonchev–Trinajstić information content (AvgIpc) is 2.87. The molecule has 0 bridgehead atoms. The highest BCUT2D eigenvalue weighted by atomic mass is 32.2. The number of carbonyl (C=O) groups excluding carboxylic acids is 1. The largest absolute Gasteiger partial charge is 0.481 e. The molecule has 2 rings (SSSR count). The first-order valence-corrected chi connectivity index (χ1v) is 7.96. The van der Waals surface area contributed by atoms with Crippen molar-refractivity contribution in [3.63, 3.8) is 0 Å². The van der Waals surface area contributed by atoms with Crippen LogP contribution < -0.4 is 11.3 Å². The van der Waals surface area contributed by atoms with Crippen molar-refractivity contribution < 1.29 is 14.7 Å². The Hall–Kier alpha value is -1.87. The van der Waals surface area contributed by atoms with Crippen molar-refractivity contribution >= 4 is 45.2 Å². The molecule has 3 N–H and O–H groups in total. The Labute approximate surface area is 127 Å². The van der Waals surface area contributed by atoms with Gasteiger partial charge in [-0.1, -0.05) is 11.8 Å². The summed E-state index contributed by atoms with van der Waals surface area (Å²) in [5, 5.41) is 10.9. The van der Waals surface area contributed by atoms with Gasteiger partial charge in [0.2, 0.25) is 5.91 Å². The van der Waals surface area contributed by atoms with Crippen molar-refractivity contribution in [1.29, 1.82) is 0 Å². The van der Waals surface area contributed by atoms with Gasteiger partial charge in [0.15, 0.2) is 5.16 Å². The first kappa shape index (κ1) is 15.5. The second-order valence-corrected chi connectivity index (χ2v) is 6.10. The van der Waals surface area contributed by atoms with Crippen LogP contribution in [-0.2, 0) is 16.1 Å². The lowest BCUT2D eigenvalue weighted by Crippen LogP contribution is -2.24. The van der Waals surface area contributed by atoms with Crippen molar-refractivity contribution in [2.45, 2.75) is 24.5 Å². The van der Waals surface area contributed by atoms with Crippen LogP contribution >= 0.6 is 23.1 Å². The molecule has 2 heterocycles. The van der Waals surface area contributed by atoms with Crippen LogP contribution in [0.4, 0.5) is 0 Å². The molecule has 0 unspecified atom stereocenters. The maximum atomic E-state index is 12.4. The van der Waals surface area contributed by atoms with Crippen molar-refractivity contribution in [2.24, 2.45) is 5.73 Å². The summed E-state index contributed by atoms with van der Waals surface area (Å²) < 4.78 is 1.93. The van der Waals surface area contributed by atoms with E-state index in [2.05, 4.69) is 4.98 Å². The summed E-state index contributed by atoms with van der Waals surface area (Å²) in [6.07, 6.45) is 0.576. The zero-order chi connectivity index (χ0) is 15.4. The van der Waals surface area contributed by atoms with Gasteiger partial charge in [0.1, 0.15) is 4.70 Å². The molecule has 2 aromatic rings. The molecule has 7 nitrogen and oxygen atoms in total. The number of thioether (sulfide) groups is 1. The van der Waals surface area contributed by atoms with Crippen LogP contribution in [0.3, 0.4) is 0 Å². The number of aliphatic carboxylic acids is 1. The minimum Gasteiger partial charge on any atom is -0.481 e. The Bertz CT molecular complexity index is 738. The van der Waals surface area contributed by atoms with E-state index in [1.54, 1.807) is 11.4 Å². The van der Waals surface area contributed by atoms with Crippen LogP contribution in [-0.4, -0.2) is 32.3 Å². The van der Waals surface area contributed by atoms with Gasteiger partial charge in [0.05, 0.1) is 11.3 Å². The van der Waals surface area contributed by atoms with Gasteiger partial charge in [-0.15, -0.1) is 11.3 Å². The van der Waals surface area contributed by atoms with Crippen LogP contribution in [0, 0.1) is 0 Å². The Morgan fingerprint density at radius 3 is 2.90 bits per heavy atom. The van der Waals surface area contributed by atoms with Gasteiger partial charge in [0, 0.05) is 13.0 Å². The van der Waals surface area contributed by atoms with E-state index in [1.165, 1.54) is 15.9 Å². The number of hydrogen-bond acceptors (Lipinski definition) is 6. The molecule has 0 atom stereocenters. The molecule has 0 aliphatic carbocycles. The molecule has 2 aromatic heterocycles. The van der Waals surface area contributed by atoms with E-state index in [0.29, 0.717) is 21.8 Å². The molecule has 9 heteroatoms. The third-order valence-electron chi connectivity index (χ3n) is 2.66. The highest BCUT2D eigenvalue weighted by Gasteiger charge is 2.13. The van der Waals surface area contributed by atoms with Crippen LogP contribution in [0.15, 0.2) is 21.4 Å². The maximum Gasteiger partial charge on any atom is 0.313 e. The molecule has 21 heavy (non-hydrogen) atoms. The molecule has 0 saturated heterocycles. The van der Waals surface area contributed by atoms with Gasteiger partial charge in [-0.05, 0) is 17.9 Å². The SMILES string of the molecule is NC(=O)CCCn1c(SCC(=O)O)nc2ccsc2c1=O. The Morgan fingerprint density at radius 2 is 2.24 bits per heavy atom. The number of nitrogens with two attached hydrogens (primary N) is 1. The predicted octanol–water partition coefficient (Wildman–Crippen LogP) is 0.900. The molecule has 0 aliphatic rings. The molecule has 0 spiro atoms. The molecule has 0 fully saturated rings. The van der Waals surface area contributed by atoms with Gasteiger partial charge in [-0.3, -0.25) is 19.0 Å². The number of hydrogen-bond donors (Lipinski definition) is 2. The van der Waals surface area contributed by atoms with Gasteiger partial charge in [-0.2, -0.15) is 0 Å². The Kier molecular flexibility index (Phi) is 4.97. The lowest BCUT2D eigenvalue weighted by molar-refractivity contribution is -0.133. The quantitative estimate of drug-likeness (QED) is 0.576. The van der Waals surface area contributed by atoms with E-state index >= 15 is 0 Å². The lowest BCUT2D eigenvalue weighted by Gasteiger charge is -2.10. The third kappa shape index (κ3) is 3.82. The van der Waals surface area contributed by atoms with Gasteiger partial charge < -0.3 is 10.8 Å². The van der Waals surface area contributed by atoms with Crippen molar-refractivity contribution in [2.75, 3.05) is 5.75 Å². The maximum absolute atomic E-state index is 12.4. The zero-order valence-electron chi connectivity index (χ0n) is 10.9. The first-order chi connectivity index (χ1) is 9.99. The topological polar surface area (TPSA) is 115 Å². The van der Waals surface area contributed by atoms with E-state index in [4.69, 9.17) is 10.8 Å². The van der Waals surface area contributed by atoms with E-state index in [-0.39, 0.29) is 24.3 Å². The molecule has 0 radical (unpaired) electrons. The van der Waals surface area contributed by atoms with Crippen LogP contribution in [0.25, 0.3) is 10.2 Å². The van der Waals surface area contributed by atoms with Crippen molar-refractivity contribution in [1.82, 2.24) is 9.55 Å². The normalized spacial score (nSPS) is 10.9. The number of carboxylic acid groups (broad SMARTS) is 1. The summed E-state index contributed by atoms with van der Waals surface area (Å²) in [4.78, 5) is 38.2. The summed E-state index contributed by atoms with van der Waals surface area (Å²) in [5.74, 6) is -1.60. The van der Waals surface area contributed by atoms with Crippen LogP contribution in [0.2, 0.25) is 0 Å². The average molecular weight is 327 g/mol. The molecule has 0 aromatic carbocycles. The fraction of sp³-hybridized carbons (Fsp3) is 0.333.